The molecule has 0 saturated carbocycles. The lowest BCUT2D eigenvalue weighted by Crippen LogP contribution is -2.37. The lowest BCUT2D eigenvalue weighted by atomic mass is 10.2. The van der Waals surface area contributed by atoms with Crippen molar-refractivity contribution in [1.82, 2.24) is 10.6 Å². The van der Waals surface area contributed by atoms with Gasteiger partial charge < -0.3 is 24.8 Å². The van der Waals surface area contributed by atoms with Crippen molar-refractivity contribution in [1.29, 1.82) is 0 Å². The molecule has 0 aliphatic carbocycles. The normalized spacial score (nSPS) is 10.5. The zero-order chi connectivity index (χ0) is 22.6. The number of rotatable bonds is 12. The smallest absolute Gasteiger partial charge is 0.387 e. The summed E-state index contributed by atoms with van der Waals surface area (Å²) >= 11 is 0. The molecule has 0 spiro atoms. The summed E-state index contributed by atoms with van der Waals surface area (Å²) in [4.78, 5) is 24.0. The molecule has 0 atom stereocenters. The number of methoxy groups -OCH3 is 1. The molecular formula is C21H23F3N2O5. The number of carbonyl (C=O) groups excluding carboxylic acids is 2. The molecule has 2 amide bonds. The molecule has 0 radical (unpaired) electrons. The predicted molar refractivity (Wildman–Crippen MR) is 106 cm³/mol. The van der Waals surface area contributed by atoms with Gasteiger partial charge >= 0.3 is 6.61 Å². The number of hydrogen-bond donors (Lipinski definition) is 2. The number of unbranched alkanes of at least 4 members (excludes halogenated alkanes) is 1. The van der Waals surface area contributed by atoms with Gasteiger partial charge in [0.15, 0.2) is 11.5 Å². The van der Waals surface area contributed by atoms with E-state index in [1.807, 2.05) is 0 Å². The van der Waals surface area contributed by atoms with Crippen molar-refractivity contribution >= 4 is 11.8 Å². The van der Waals surface area contributed by atoms with Gasteiger partial charge in [0.25, 0.3) is 5.91 Å². The van der Waals surface area contributed by atoms with Gasteiger partial charge in [-0.25, -0.2) is 4.39 Å². The zero-order valence-corrected chi connectivity index (χ0v) is 16.8. The molecule has 2 rings (SSSR count). The predicted octanol–water partition coefficient (Wildman–Crippen LogP) is 3.14. The van der Waals surface area contributed by atoms with E-state index in [-0.39, 0.29) is 35.3 Å². The van der Waals surface area contributed by atoms with Gasteiger partial charge in [-0.15, -0.1) is 0 Å². The minimum Gasteiger partial charge on any atom is -0.494 e. The summed E-state index contributed by atoms with van der Waals surface area (Å²) in [5, 5.41) is 5.10. The SMILES string of the molecule is COc1cc(C(=O)NCC(=O)NCCCCOc2ccc(F)cc2)ccc1OC(F)F. The number of ether oxygens (including phenoxy) is 3. The van der Waals surface area contributed by atoms with Crippen molar-refractivity contribution in [3.05, 3.63) is 53.8 Å². The van der Waals surface area contributed by atoms with Crippen LogP contribution in [0.4, 0.5) is 13.2 Å². The molecule has 0 aliphatic rings. The second-order valence-corrected chi connectivity index (χ2v) is 6.29. The Labute approximate surface area is 177 Å². The number of amides is 2. The molecular weight excluding hydrogens is 417 g/mol. The quantitative estimate of drug-likeness (QED) is 0.496. The van der Waals surface area contributed by atoms with Crippen LogP contribution >= 0.6 is 0 Å². The fraction of sp³-hybridized carbons (Fsp3) is 0.333. The van der Waals surface area contributed by atoms with Crippen molar-refractivity contribution < 1.29 is 37.0 Å². The molecule has 0 fully saturated rings. The second kappa shape index (κ2) is 12.3. The van der Waals surface area contributed by atoms with Gasteiger partial charge in [-0.05, 0) is 55.3 Å². The van der Waals surface area contributed by atoms with Gasteiger partial charge in [-0.2, -0.15) is 8.78 Å². The first-order valence-corrected chi connectivity index (χ1v) is 9.45. The molecule has 2 N–H and O–H groups in total. The van der Waals surface area contributed by atoms with Crippen LogP contribution in [0.25, 0.3) is 0 Å². The monoisotopic (exact) mass is 440 g/mol. The van der Waals surface area contributed by atoms with E-state index in [1.165, 1.54) is 49.6 Å². The Hall–Kier alpha value is -3.43. The molecule has 0 heterocycles. The zero-order valence-electron chi connectivity index (χ0n) is 16.8. The number of halogens is 3. The standard InChI is InChI=1S/C21H23F3N2O5/c1-29-18-12-14(4-9-17(18)31-21(23)24)20(28)26-13-19(27)25-10-2-3-11-30-16-7-5-15(22)6-8-16/h4-9,12,21H,2-3,10-11,13H2,1H3,(H,25,27)(H,26,28). The van der Waals surface area contributed by atoms with Crippen LogP contribution in [0.1, 0.15) is 23.2 Å². The molecule has 0 bridgehead atoms. The highest BCUT2D eigenvalue weighted by molar-refractivity contribution is 5.97. The van der Waals surface area contributed by atoms with E-state index in [0.29, 0.717) is 31.7 Å². The molecule has 7 nitrogen and oxygen atoms in total. The first kappa shape index (κ1) is 23.8. The maximum atomic E-state index is 12.8. The van der Waals surface area contributed by atoms with Crippen molar-refractivity contribution in [2.75, 3.05) is 26.8 Å². The van der Waals surface area contributed by atoms with E-state index in [0.717, 1.165) is 0 Å². The molecule has 0 aromatic heterocycles. The number of hydrogen-bond acceptors (Lipinski definition) is 5. The maximum absolute atomic E-state index is 12.8. The van der Waals surface area contributed by atoms with Crippen LogP contribution in [0.15, 0.2) is 42.5 Å². The van der Waals surface area contributed by atoms with Gasteiger partial charge in [-0.3, -0.25) is 9.59 Å². The Balaban J connectivity index is 1.65. The lowest BCUT2D eigenvalue weighted by Gasteiger charge is -2.11. The Morgan fingerprint density at radius 2 is 1.74 bits per heavy atom. The van der Waals surface area contributed by atoms with E-state index in [9.17, 15) is 22.8 Å². The first-order valence-electron chi connectivity index (χ1n) is 9.45. The number of nitrogens with one attached hydrogen (secondary N) is 2. The van der Waals surface area contributed by atoms with Crippen LogP contribution in [0.5, 0.6) is 17.2 Å². The van der Waals surface area contributed by atoms with Crippen LogP contribution in [-0.2, 0) is 4.79 Å². The molecule has 0 unspecified atom stereocenters. The van der Waals surface area contributed by atoms with E-state index < -0.39 is 12.5 Å². The highest BCUT2D eigenvalue weighted by Gasteiger charge is 2.14. The first-order chi connectivity index (χ1) is 14.9. The largest absolute Gasteiger partial charge is 0.494 e. The second-order valence-electron chi connectivity index (χ2n) is 6.29. The highest BCUT2D eigenvalue weighted by Crippen LogP contribution is 2.29. The van der Waals surface area contributed by atoms with Gasteiger partial charge in [0.1, 0.15) is 11.6 Å². The molecule has 31 heavy (non-hydrogen) atoms. The van der Waals surface area contributed by atoms with Crippen LogP contribution in [-0.4, -0.2) is 45.2 Å². The van der Waals surface area contributed by atoms with Gasteiger partial charge in [-0.1, -0.05) is 0 Å². The highest BCUT2D eigenvalue weighted by atomic mass is 19.3. The summed E-state index contributed by atoms with van der Waals surface area (Å²) in [6.45, 7) is -2.45. The Morgan fingerprint density at radius 1 is 1.00 bits per heavy atom. The average molecular weight is 440 g/mol. The van der Waals surface area contributed by atoms with E-state index in [4.69, 9.17) is 9.47 Å². The third kappa shape index (κ3) is 8.45. The van der Waals surface area contributed by atoms with E-state index in [1.54, 1.807) is 0 Å². The van der Waals surface area contributed by atoms with Crippen molar-refractivity contribution in [3.8, 4) is 17.2 Å². The lowest BCUT2D eigenvalue weighted by molar-refractivity contribution is -0.120. The third-order valence-electron chi connectivity index (χ3n) is 4.03. The summed E-state index contributed by atoms with van der Waals surface area (Å²) in [5.74, 6) is -0.935. The molecule has 2 aromatic rings. The minimum atomic E-state index is -3.02. The summed E-state index contributed by atoms with van der Waals surface area (Å²) in [7, 11) is 1.26. The average Bonchev–Trinajstić information content (AvgIpc) is 2.75. The van der Waals surface area contributed by atoms with Crippen molar-refractivity contribution in [3.63, 3.8) is 0 Å². The minimum absolute atomic E-state index is 0.0275. The van der Waals surface area contributed by atoms with Crippen LogP contribution in [0.3, 0.4) is 0 Å². The molecule has 0 aliphatic heterocycles. The number of carbonyl (C=O) groups is 2. The summed E-state index contributed by atoms with van der Waals surface area (Å²) < 4.78 is 52.2. The number of alkyl halides is 2. The Kier molecular flexibility index (Phi) is 9.47. The Bertz CT molecular complexity index is 863. The van der Waals surface area contributed by atoms with Crippen molar-refractivity contribution in [2.24, 2.45) is 0 Å². The summed E-state index contributed by atoms with van der Waals surface area (Å²) in [6.07, 6.45) is 1.33. The fourth-order valence-electron chi connectivity index (χ4n) is 2.50. The molecule has 10 heteroatoms. The van der Waals surface area contributed by atoms with Gasteiger partial charge in [0.2, 0.25) is 5.91 Å². The van der Waals surface area contributed by atoms with Crippen LogP contribution in [0, 0.1) is 5.82 Å². The molecule has 168 valence electrons. The van der Waals surface area contributed by atoms with Gasteiger partial charge in [0.05, 0.1) is 20.3 Å². The van der Waals surface area contributed by atoms with Crippen molar-refractivity contribution in [2.45, 2.75) is 19.5 Å². The fourth-order valence-corrected chi connectivity index (χ4v) is 2.50. The Morgan fingerprint density at radius 3 is 2.42 bits per heavy atom. The van der Waals surface area contributed by atoms with E-state index >= 15 is 0 Å². The van der Waals surface area contributed by atoms with E-state index in [2.05, 4.69) is 15.4 Å². The van der Waals surface area contributed by atoms with Gasteiger partial charge in [0, 0.05) is 12.1 Å². The number of benzene rings is 2. The summed E-state index contributed by atoms with van der Waals surface area (Å²) in [5.41, 5.74) is 0.129. The molecule has 2 aromatic carbocycles. The topological polar surface area (TPSA) is 85.9 Å². The third-order valence-corrected chi connectivity index (χ3v) is 4.03. The van der Waals surface area contributed by atoms with Crippen LogP contribution < -0.4 is 24.8 Å². The van der Waals surface area contributed by atoms with Crippen LogP contribution in [0.2, 0.25) is 0 Å². The summed E-state index contributed by atoms with van der Waals surface area (Å²) in [6, 6.07) is 9.41. The maximum Gasteiger partial charge on any atom is 0.387 e. The molecule has 0 saturated heterocycles.